The Kier molecular flexibility index (Phi) is 7.04. The Morgan fingerprint density at radius 1 is 0.947 bits per heavy atom. The van der Waals surface area contributed by atoms with E-state index in [0.29, 0.717) is 36.4 Å². The van der Waals surface area contributed by atoms with Crippen LogP contribution in [0.4, 0.5) is 0 Å². The van der Waals surface area contributed by atoms with Crippen LogP contribution in [0, 0.1) is 0 Å². The normalized spacial score (nSPS) is 11.6. The average Bonchev–Trinajstić information content (AvgIpc) is 3.61. The molecule has 0 atom stereocenters. The monoisotopic (exact) mass is 563 g/mol. The van der Waals surface area contributed by atoms with Crippen molar-refractivity contribution in [1.29, 1.82) is 0 Å². The summed E-state index contributed by atoms with van der Waals surface area (Å²) in [6.45, 7) is 3.83. The molecular formula is C28H23Cl2N5O2S. The maximum atomic E-state index is 6.18. The van der Waals surface area contributed by atoms with Gasteiger partial charge in [0.1, 0.15) is 11.4 Å². The Hall–Kier alpha value is -3.43. The first-order valence-electron chi connectivity index (χ1n) is 12.1. The highest BCUT2D eigenvalue weighted by atomic mass is 35.5. The molecule has 38 heavy (non-hydrogen) atoms. The zero-order valence-corrected chi connectivity index (χ0v) is 22.8. The number of rotatable bonds is 9. The highest BCUT2D eigenvalue weighted by Gasteiger charge is 2.19. The number of ether oxygens (including phenoxy) is 2. The van der Waals surface area contributed by atoms with E-state index in [2.05, 4.69) is 39.0 Å². The number of benzene rings is 3. The van der Waals surface area contributed by atoms with Crippen molar-refractivity contribution in [3.8, 4) is 17.0 Å². The van der Waals surface area contributed by atoms with E-state index in [0.717, 1.165) is 49.1 Å². The summed E-state index contributed by atoms with van der Waals surface area (Å²) in [5, 5.41) is 9.55. The largest absolute Gasteiger partial charge is 0.494 e. The molecule has 0 saturated heterocycles. The number of fused-ring (bicyclic) bond motifs is 3. The Morgan fingerprint density at radius 2 is 1.82 bits per heavy atom. The van der Waals surface area contributed by atoms with Gasteiger partial charge in [0.25, 0.3) is 0 Å². The van der Waals surface area contributed by atoms with Crippen molar-refractivity contribution in [3.63, 3.8) is 0 Å². The van der Waals surface area contributed by atoms with Gasteiger partial charge in [-0.2, -0.15) is 0 Å². The van der Waals surface area contributed by atoms with Crippen LogP contribution in [0.2, 0.25) is 10.0 Å². The predicted octanol–water partition coefficient (Wildman–Crippen LogP) is 7.28. The van der Waals surface area contributed by atoms with Crippen molar-refractivity contribution < 1.29 is 9.47 Å². The molecule has 0 spiro atoms. The number of imidazole rings is 1. The number of hydrogen-bond acceptors (Lipinski definition) is 6. The second kappa shape index (κ2) is 10.7. The SMILES string of the molecule is CCOc1ccc2c(c1)sc1nc(-c3ccccc3)c(COCc3cn(Cc4ccc(Cl)c(Cl)c4)nn3)n12. The number of aromatic nitrogens is 5. The summed E-state index contributed by atoms with van der Waals surface area (Å²) >= 11 is 13.8. The summed E-state index contributed by atoms with van der Waals surface area (Å²) in [7, 11) is 0. The Balaban J connectivity index is 1.25. The molecule has 7 nitrogen and oxygen atoms in total. The summed E-state index contributed by atoms with van der Waals surface area (Å²) in [5.41, 5.74) is 5.76. The van der Waals surface area contributed by atoms with Crippen molar-refractivity contribution in [1.82, 2.24) is 24.4 Å². The smallest absolute Gasteiger partial charge is 0.195 e. The lowest BCUT2D eigenvalue weighted by molar-refractivity contribution is 0.102. The molecular weight excluding hydrogens is 541 g/mol. The van der Waals surface area contributed by atoms with Gasteiger partial charge in [-0.3, -0.25) is 4.40 Å². The molecule has 0 N–H and O–H groups in total. The highest BCUT2D eigenvalue weighted by Crippen LogP contribution is 2.35. The molecule has 10 heteroatoms. The maximum Gasteiger partial charge on any atom is 0.195 e. The molecule has 0 saturated carbocycles. The topological polar surface area (TPSA) is 66.5 Å². The van der Waals surface area contributed by atoms with E-state index in [4.69, 9.17) is 37.7 Å². The van der Waals surface area contributed by atoms with Crippen LogP contribution in [-0.4, -0.2) is 31.0 Å². The summed E-state index contributed by atoms with van der Waals surface area (Å²) in [5.74, 6) is 0.856. The maximum absolute atomic E-state index is 6.18. The second-order valence-corrected chi connectivity index (χ2v) is 10.5. The van der Waals surface area contributed by atoms with Crippen LogP contribution in [-0.2, 0) is 24.5 Å². The minimum atomic E-state index is 0.319. The van der Waals surface area contributed by atoms with Gasteiger partial charge < -0.3 is 9.47 Å². The molecule has 0 aliphatic rings. The third-order valence-corrected chi connectivity index (χ3v) is 7.82. The van der Waals surface area contributed by atoms with Gasteiger partial charge in [0, 0.05) is 5.56 Å². The van der Waals surface area contributed by atoms with E-state index in [1.807, 2.05) is 49.5 Å². The standard InChI is InChI=1S/C28H23Cl2N5O2S/c1-2-37-21-9-11-24-26(13-21)38-28-31-27(19-6-4-3-5-7-19)25(35(24)28)17-36-16-20-15-34(33-32-20)14-18-8-10-22(29)23(30)12-18/h3-13,15H,2,14,16-17H2,1H3. The van der Waals surface area contributed by atoms with E-state index >= 15 is 0 Å². The minimum Gasteiger partial charge on any atom is -0.494 e. The van der Waals surface area contributed by atoms with Crippen molar-refractivity contribution >= 4 is 49.7 Å². The second-order valence-electron chi connectivity index (χ2n) is 8.70. The predicted molar refractivity (Wildman–Crippen MR) is 151 cm³/mol. The van der Waals surface area contributed by atoms with Gasteiger partial charge in [-0.1, -0.05) is 76.2 Å². The molecule has 0 aliphatic carbocycles. The van der Waals surface area contributed by atoms with Gasteiger partial charge >= 0.3 is 0 Å². The Labute approximate surface area is 233 Å². The summed E-state index contributed by atoms with van der Waals surface area (Å²) in [4.78, 5) is 5.91. The van der Waals surface area contributed by atoms with Gasteiger partial charge in [-0.25, -0.2) is 9.67 Å². The third-order valence-electron chi connectivity index (χ3n) is 6.08. The number of hydrogen-bond donors (Lipinski definition) is 0. The quantitative estimate of drug-likeness (QED) is 0.185. The lowest BCUT2D eigenvalue weighted by Crippen LogP contribution is -2.01. The molecule has 192 valence electrons. The molecule has 0 bridgehead atoms. The van der Waals surface area contributed by atoms with Gasteiger partial charge in [0.15, 0.2) is 4.96 Å². The number of nitrogens with zero attached hydrogens (tertiary/aromatic N) is 5. The molecule has 0 radical (unpaired) electrons. The molecule has 0 unspecified atom stereocenters. The fraction of sp³-hybridized carbons (Fsp3) is 0.179. The summed E-state index contributed by atoms with van der Waals surface area (Å²) < 4.78 is 16.9. The first-order chi connectivity index (χ1) is 18.6. The van der Waals surface area contributed by atoms with Crippen LogP contribution in [0.15, 0.2) is 72.9 Å². The van der Waals surface area contributed by atoms with Gasteiger partial charge in [-0.15, -0.1) is 5.10 Å². The molecule has 3 aromatic heterocycles. The third kappa shape index (κ3) is 5.00. The fourth-order valence-electron chi connectivity index (χ4n) is 4.38. The lowest BCUT2D eigenvalue weighted by Gasteiger charge is -2.07. The molecule has 6 aromatic rings. The first kappa shape index (κ1) is 24.9. The fourth-order valence-corrected chi connectivity index (χ4v) is 5.78. The first-order valence-corrected chi connectivity index (χ1v) is 13.7. The van der Waals surface area contributed by atoms with E-state index in [9.17, 15) is 0 Å². The van der Waals surface area contributed by atoms with Crippen LogP contribution in [0.1, 0.15) is 23.9 Å². The van der Waals surface area contributed by atoms with Crippen LogP contribution < -0.4 is 4.74 Å². The minimum absolute atomic E-state index is 0.319. The van der Waals surface area contributed by atoms with Crippen LogP contribution in [0.5, 0.6) is 5.75 Å². The zero-order valence-electron chi connectivity index (χ0n) is 20.5. The number of thiazole rings is 1. The summed E-state index contributed by atoms with van der Waals surface area (Å²) in [6, 6.07) is 21.9. The summed E-state index contributed by atoms with van der Waals surface area (Å²) in [6.07, 6.45) is 1.88. The Bertz CT molecular complexity index is 1730. The van der Waals surface area contributed by atoms with Crippen molar-refractivity contribution in [3.05, 3.63) is 99.9 Å². The molecule has 6 rings (SSSR count). The van der Waals surface area contributed by atoms with Crippen molar-refractivity contribution in [2.45, 2.75) is 26.7 Å². The molecule has 0 amide bonds. The highest BCUT2D eigenvalue weighted by molar-refractivity contribution is 7.23. The van der Waals surface area contributed by atoms with Crippen LogP contribution in [0.3, 0.4) is 0 Å². The lowest BCUT2D eigenvalue weighted by atomic mass is 10.1. The van der Waals surface area contributed by atoms with Crippen molar-refractivity contribution in [2.75, 3.05) is 6.61 Å². The van der Waals surface area contributed by atoms with Gasteiger partial charge in [0.2, 0.25) is 0 Å². The van der Waals surface area contributed by atoms with E-state index < -0.39 is 0 Å². The van der Waals surface area contributed by atoms with E-state index in [1.54, 1.807) is 22.1 Å². The van der Waals surface area contributed by atoms with Crippen molar-refractivity contribution in [2.24, 2.45) is 0 Å². The molecule has 0 aliphatic heterocycles. The molecule has 3 heterocycles. The average molecular weight is 564 g/mol. The van der Waals surface area contributed by atoms with E-state index in [-0.39, 0.29) is 0 Å². The van der Waals surface area contributed by atoms with Gasteiger partial charge in [0.05, 0.1) is 64.2 Å². The van der Waals surface area contributed by atoms with Crippen LogP contribution in [0.25, 0.3) is 26.4 Å². The van der Waals surface area contributed by atoms with Crippen LogP contribution >= 0.6 is 34.5 Å². The molecule has 0 fully saturated rings. The van der Waals surface area contributed by atoms with Gasteiger partial charge in [-0.05, 0) is 42.8 Å². The molecule has 3 aromatic carbocycles. The van der Waals surface area contributed by atoms with E-state index in [1.165, 1.54) is 0 Å². The zero-order chi connectivity index (χ0) is 26.1. The Morgan fingerprint density at radius 3 is 2.63 bits per heavy atom. The number of halogens is 2.